The van der Waals surface area contributed by atoms with Crippen LogP contribution < -0.4 is 5.73 Å². The maximum atomic E-state index is 13.9. The van der Waals surface area contributed by atoms with Crippen molar-refractivity contribution in [3.05, 3.63) is 34.1 Å². The van der Waals surface area contributed by atoms with E-state index >= 15 is 0 Å². The maximum absolute atomic E-state index is 13.9. The highest BCUT2D eigenvalue weighted by Crippen LogP contribution is 2.28. The maximum Gasteiger partial charge on any atom is 0.256 e. The Labute approximate surface area is 127 Å². The van der Waals surface area contributed by atoms with Crippen molar-refractivity contribution in [3.63, 3.8) is 0 Å². The molecule has 0 heterocycles. The second-order valence-corrected chi connectivity index (χ2v) is 6.30. The van der Waals surface area contributed by atoms with Crippen LogP contribution in [-0.2, 0) is 0 Å². The van der Waals surface area contributed by atoms with Crippen molar-refractivity contribution in [2.75, 3.05) is 13.6 Å². The molecule has 5 heteroatoms. The molecule has 0 saturated heterocycles. The molecule has 3 nitrogen and oxygen atoms in total. The summed E-state index contributed by atoms with van der Waals surface area (Å²) in [6.45, 7) is 0.575. The lowest BCUT2D eigenvalue weighted by Crippen LogP contribution is -2.46. The van der Waals surface area contributed by atoms with Gasteiger partial charge >= 0.3 is 0 Å². The van der Waals surface area contributed by atoms with E-state index in [1.165, 1.54) is 12.1 Å². The Balaban J connectivity index is 2.18. The zero-order chi connectivity index (χ0) is 14.7. The molecule has 1 amide bonds. The molecule has 1 aromatic carbocycles. The molecule has 2 unspecified atom stereocenters. The van der Waals surface area contributed by atoms with Crippen molar-refractivity contribution in [3.8, 4) is 0 Å². The lowest BCUT2D eigenvalue weighted by molar-refractivity contribution is 0.0615. The summed E-state index contributed by atoms with van der Waals surface area (Å²) in [7, 11) is 1.75. The van der Waals surface area contributed by atoms with Gasteiger partial charge in [0.05, 0.1) is 5.56 Å². The normalized spacial score (nSPS) is 22.6. The highest BCUT2D eigenvalue weighted by Gasteiger charge is 2.31. The molecule has 0 aromatic heterocycles. The van der Waals surface area contributed by atoms with E-state index in [0.717, 1.165) is 25.7 Å². The molecule has 2 N–H and O–H groups in total. The molecule has 110 valence electrons. The second-order valence-electron chi connectivity index (χ2n) is 5.39. The molecule has 1 aromatic rings. The lowest BCUT2D eigenvalue weighted by atomic mass is 9.83. The molecule has 0 aliphatic heterocycles. The van der Waals surface area contributed by atoms with Crippen molar-refractivity contribution < 1.29 is 9.18 Å². The van der Waals surface area contributed by atoms with E-state index in [0.29, 0.717) is 16.9 Å². The lowest BCUT2D eigenvalue weighted by Gasteiger charge is -2.37. The first-order valence-electron chi connectivity index (χ1n) is 6.97. The Morgan fingerprint density at radius 1 is 1.45 bits per heavy atom. The van der Waals surface area contributed by atoms with E-state index in [1.54, 1.807) is 18.0 Å². The first kappa shape index (κ1) is 15.4. The number of halogens is 2. The molecule has 1 saturated carbocycles. The van der Waals surface area contributed by atoms with E-state index in [-0.39, 0.29) is 17.5 Å². The van der Waals surface area contributed by atoms with Gasteiger partial charge in [0.15, 0.2) is 0 Å². The minimum absolute atomic E-state index is 0.115. The molecular formula is C15H20BrFN2O. The zero-order valence-corrected chi connectivity index (χ0v) is 13.2. The molecule has 0 radical (unpaired) electrons. The van der Waals surface area contributed by atoms with Crippen LogP contribution in [0.3, 0.4) is 0 Å². The van der Waals surface area contributed by atoms with Crippen LogP contribution in [0.25, 0.3) is 0 Å². The van der Waals surface area contributed by atoms with Crippen LogP contribution in [-0.4, -0.2) is 30.4 Å². The largest absolute Gasteiger partial charge is 0.338 e. The van der Waals surface area contributed by atoms with Gasteiger partial charge in [-0.25, -0.2) is 4.39 Å². The fourth-order valence-corrected chi connectivity index (χ4v) is 3.31. The van der Waals surface area contributed by atoms with Gasteiger partial charge in [0.2, 0.25) is 0 Å². The number of amides is 1. The number of hydrogen-bond donors (Lipinski definition) is 1. The number of carbonyl (C=O) groups excluding carboxylic acids is 1. The summed E-state index contributed by atoms with van der Waals surface area (Å²) >= 11 is 3.20. The van der Waals surface area contributed by atoms with Gasteiger partial charge in [-0.1, -0.05) is 28.8 Å². The van der Waals surface area contributed by atoms with Crippen LogP contribution in [0.5, 0.6) is 0 Å². The van der Waals surface area contributed by atoms with E-state index in [2.05, 4.69) is 15.9 Å². The fraction of sp³-hybridized carbons (Fsp3) is 0.533. The molecule has 1 fully saturated rings. The first-order chi connectivity index (χ1) is 9.54. The SMILES string of the molecule is CN(C(=O)c1ccc(Br)cc1F)C1CCCCC1CN. The quantitative estimate of drug-likeness (QED) is 0.916. The van der Waals surface area contributed by atoms with Crippen LogP contribution in [0.4, 0.5) is 4.39 Å². The minimum Gasteiger partial charge on any atom is -0.338 e. The van der Waals surface area contributed by atoms with Crippen LogP contribution in [0.1, 0.15) is 36.0 Å². The summed E-state index contributed by atoms with van der Waals surface area (Å²) in [5.41, 5.74) is 5.92. The molecule has 2 rings (SSSR count). The first-order valence-corrected chi connectivity index (χ1v) is 7.76. The Morgan fingerprint density at radius 2 is 2.15 bits per heavy atom. The van der Waals surface area contributed by atoms with Gasteiger partial charge in [-0.3, -0.25) is 4.79 Å². The molecule has 0 bridgehead atoms. The standard InChI is InChI=1S/C15H20BrFN2O/c1-19(14-5-3-2-4-10(14)9-18)15(20)12-7-6-11(16)8-13(12)17/h6-8,10,14H,2-5,9,18H2,1H3. The summed E-state index contributed by atoms with van der Waals surface area (Å²) in [5.74, 6) is -0.437. The average Bonchev–Trinajstić information content (AvgIpc) is 2.45. The van der Waals surface area contributed by atoms with Gasteiger partial charge in [-0.05, 0) is 43.5 Å². The third-order valence-electron chi connectivity index (χ3n) is 4.15. The van der Waals surface area contributed by atoms with Crippen molar-refractivity contribution in [1.82, 2.24) is 4.90 Å². The molecular weight excluding hydrogens is 323 g/mol. The van der Waals surface area contributed by atoms with Crippen molar-refractivity contribution >= 4 is 21.8 Å². The van der Waals surface area contributed by atoms with Crippen LogP contribution in [0.15, 0.2) is 22.7 Å². The summed E-state index contributed by atoms with van der Waals surface area (Å²) in [5, 5.41) is 0. The van der Waals surface area contributed by atoms with Crippen molar-refractivity contribution in [2.24, 2.45) is 11.7 Å². The summed E-state index contributed by atoms with van der Waals surface area (Å²) in [4.78, 5) is 14.1. The number of carbonyl (C=O) groups is 1. The van der Waals surface area contributed by atoms with E-state index in [9.17, 15) is 9.18 Å². The fourth-order valence-electron chi connectivity index (χ4n) is 2.98. The van der Waals surface area contributed by atoms with Crippen LogP contribution in [0.2, 0.25) is 0 Å². The summed E-state index contributed by atoms with van der Waals surface area (Å²) in [6, 6.07) is 4.65. The zero-order valence-electron chi connectivity index (χ0n) is 11.6. The summed E-state index contributed by atoms with van der Waals surface area (Å²) < 4.78 is 14.5. The number of hydrogen-bond acceptors (Lipinski definition) is 2. The van der Waals surface area contributed by atoms with E-state index in [4.69, 9.17) is 5.73 Å². The molecule has 1 aliphatic rings. The number of rotatable bonds is 3. The average molecular weight is 343 g/mol. The van der Waals surface area contributed by atoms with Crippen molar-refractivity contribution in [2.45, 2.75) is 31.7 Å². The Bertz CT molecular complexity index is 495. The van der Waals surface area contributed by atoms with E-state index in [1.807, 2.05) is 0 Å². The van der Waals surface area contributed by atoms with Gasteiger partial charge in [-0.2, -0.15) is 0 Å². The third-order valence-corrected chi connectivity index (χ3v) is 4.64. The van der Waals surface area contributed by atoms with Gasteiger partial charge in [-0.15, -0.1) is 0 Å². The predicted molar refractivity (Wildman–Crippen MR) is 81.0 cm³/mol. The van der Waals surface area contributed by atoms with E-state index < -0.39 is 5.82 Å². The Kier molecular flexibility index (Phi) is 5.16. The van der Waals surface area contributed by atoms with Gasteiger partial charge in [0.1, 0.15) is 5.82 Å². The monoisotopic (exact) mass is 342 g/mol. The van der Waals surface area contributed by atoms with Crippen molar-refractivity contribution in [1.29, 1.82) is 0 Å². The minimum atomic E-state index is -0.490. The molecule has 2 atom stereocenters. The number of benzene rings is 1. The second kappa shape index (κ2) is 6.68. The number of nitrogens with zero attached hydrogens (tertiary/aromatic N) is 1. The molecule has 20 heavy (non-hydrogen) atoms. The predicted octanol–water partition coefficient (Wildman–Crippen LogP) is 3.18. The number of nitrogens with two attached hydrogens (primary N) is 1. The Morgan fingerprint density at radius 3 is 2.80 bits per heavy atom. The highest BCUT2D eigenvalue weighted by atomic mass is 79.9. The van der Waals surface area contributed by atoms with Crippen LogP contribution >= 0.6 is 15.9 Å². The van der Waals surface area contributed by atoms with Gasteiger partial charge in [0.25, 0.3) is 5.91 Å². The summed E-state index contributed by atoms with van der Waals surface area (Å²) in [6.07, 6.45) is 4.25. The topological polar surface area (TPSA) is 46.3 Å². The molecule has 0 spiro atoms. The highest BCUT2D eigenvalue weighted by molar-refractivity contribution is 9.10. The Hall–Kier alpha value is -0.940. The third kappa shape index (κ3) is 3.20. The van der Waals surface area contributed by atoms with Crippen LogP contribution in [0, 0.1) is 11.7 Å². The smallest absolute Gasteiger partial charge is 0.256 e. The van der Waals surface area contributed by atoms with Gasteiger partial charge in [0, 0.05) is 17.6 Å². The van der Waals surface area contributed by atoms with Gasteiger partial charge < -0.3 is 10.6 Å². The molecule has 1 aliphatic carbocycles.